The molecule has 1 aromatic carbocycles. The fourth-order valence-corrected chi connectivity index (χ4v) is 2.34. The molecule has 0 spiro atoms. The van der Waals surface area contributed by atoms with Gasteiger partial charge in [-0.05, 0) is 38.8 Å². The number of carbonyl (C=O) groups is 2. The topological polar surface area (TPSA) is 75.6 Å². The first-order valence-corrected chi connectivity index (χ1v) is 7.17. The zero-order valence-electron chi connectivity index (χ0n) is 12.4. The van der Waals surface area contributed by atoms with Gasteiger partial charge in [-0.25, -0.2) is 0 Å². The van der Waals surface area contributed by atoms with Crippen molar-refractivity contribution in [3.8, 4) is 5.75 Å². The first kappa shape index (κ1) is 15.4. The van der Waals surface area contributed by atoms with E-state index in [2.05, 4.69) is 5.32 Å². The lowest BCUT2D eigenvalue weighted by molar-refractivity contribution is -0.154. The Balaban J connectivity index is 1.85. The summed E-state index contributed by atoms with van der Waals surface area (Å²) < 4.78 is 5.55. The minimum atomic E-state index is -0.832. The van der Waals surface area contributed by atoms with Gasteiger partial charge in [0.2, 0.25) is 0 Å². The second kappa shape index (κ2) is 6.16. The Bertz CT molecular complexity index is 520. The van der Waals surface area contributed by atoms with Crippen LogP contribution in [0.15, 0.2) is 24.3 Å². The summed E-state index contributed by atoms with van der Waals surface area (Å²) >= 11 is 0. The lowest BCUT2D eigenvalue weighted by atomic mass is 9.69. The second-order valence-corrected chi connectivity index (χ2v) is 5.73. The molecule has 114 valence electrons. The average molecular weight is 291 g/mol. The normalized spacial score (nSPS) is 17.4. The van der Waals surface area contributed by atoms with Crippen molar-refractivity contribution in [3.63, 3.8) is 0 Å². The molecule has 0 bridgehead atoms. The molecule has 5 nitrogen and oxygen atoms in total. The van der Waals surface area contributed by atoms with Gasteiger partial charge in [0.15, 0.2) is 6.10 Å². The number of aliphatic carboxylic acids is 1. The van der Waals surface area contributed by atoms with E-state index in [4.69, 9.17) is 4.74 Å². The van der Waals surface area contributed by atoms with Gasteiger partial charge in [0.05, 0.1) is 5.41 Å². The van der Waals surface area contributed by atoms with Crippen molar-refractivity contribution < 1.29 is 19.4 Å². The van der Waals surface area contributed by atoms with Crippen molar-refractivity contribution in [1.82, 2.24) is 5.32 Å². The number of nitrogens with one attached hydrogen (secondary N) is 1. The number of hydrogen-bond donors (Lipinski definition) is 2. The van der Waals surface area contributed by atoms with Gasteiger partial charge in [0.25, 0.3) is 5.91 Å². The van der Waals surface area contributed by atoms with Gasteiger partial charge in [0, 0.05) is 6.54 Å². The number of rotatable bonds is 6. The van der Waals surface area contributed by atoms with Gasteiger partial charge in [-0.15, -0.1) is 0 Å². The van der Waals surface area contributed by atoms with Crippen LogP contribution in [0.2, 0.25) is 0 Å². The number of benzene rings is 1. The van der Waals surface area contributed by atoms with Gasteiger partial charge in [0.1, 0.15) is 5.75 Å². The highest BCUT2D eigenvalue weighted by Crippen LogP contribution is 2.40. The minimum absolute atomic E-state index is 0.169. The first-order valence-electron chi connectivity index (χ1n) is 7.17. The number of amides is 1. The summed E-state index contributed by atoms with van der Waals surface area (Å²) in [5.41, 5.74) is 0.340. The maximum Gasteiger partial charge on any atom is 0.311 e. The van der Waals surface area contributed by atoms with Crippen LogP contribution in [-0.4, -0.2) is 29.6 Å². The summed E-state index contributed by atoms with van der Waals surface area (Å²) in [5.74, 6) is -0.496. The Kier molecular flexibility index (Phi) is 4.50. The molecular formula is C16H21NO4. The molecular weight excluding hydrogens is 270 g/mol. The molecule has 0 heterocycles. The fraction of sp³-hybridized carbons (Fsp3) is 0.500. The summed E-state index contributed by atoms with van der Waals surface area (Å²) in [6.07, 6.45) is 1.49. The molecule has 1 fully saturated rings. The van der Waals surface area contributed by atoms with Crippen LogP contribution in [0.4, 0.5) is 0 Å². The summed E-state index contributed by atoms with van der Waals surface area (Å²) in [6.45, 7) is 3.80. The molecule has 5 heteroatoms. The van der Waals surface area contributed by atoms with Crippen molar-refractivity contribution in [3.05, 3.63) is 29.8 Å². The van der Waals surface area contributed by atoms with Gasteiger partial charge in [-0.3, -0.25) is 9.59 Å². The van der Waals surface area contributed by atoms with Crippen molar-refractivity contribution >= 4 is 11.9 Å². The van der Waals surface area contributed by atoms with Crippen LogP contribution in [-0.2, 0) is 9.59 Å². The SMILES string of the molecule is Cc1ccc(OC(C)C(=O)NCC2(C(=O)O)CCC2)cc1. The highest BCUT2D eigenvalue weighted by atomic mass is 16.5. The third kappa shape index (κ3) is 3.54. The molecule has 1 unspecified atom stereocenters. The molecule has 1 amide bonds. The van der Waals surface area contributed by atoms with Gasteiger partial charge in [-0.2, -0.15) is 0 Å². The lowest BCUT2D eigenvalue weighted by Crippen LogP contribution is -2.49. The maximum absolute atomic E-state index is 12.0. The van der Waals surface area contributed by atoms with E-state index in [1.54, 1.807) is 6.92 Å². The molecule has 1 saturated carbocycles. The van der Waals surface area contributed by atoms with E-state index in [-0.39, 0.29) is 12.5 Å². The molecule has 1 aliphatic carbocycles. The number of carboxylic acid groups (broad SMARTS) is 1. The number of carbonyl (C=O) groups excluding carboxylic acids is 1. The van der Waals surface area contributed by atoms with E-state index in [1.807, 2.05) is 31.2 Å². The van der Waals surface area contributed by atoms with E-state index in [0.717, 1.165) is 12.0 Å². The van der Waals surface area contributed by atoms with Crippen molar-refractivity contribution in [1.29, 1.82) is 0 Å². The molecule has 1 aromatic rings. The Morgan fingerprint density at radius 3 is 2.43 bits per heavy atom. The van der Waals surface area contributed by atoms with E-state index >= 15 is 0 Å². The number of carboxylic acids is 1. The number of aryl methyl sites for hydroxylation is 1. The van der Waals surface area contributed by atoms with Crippen molar-refractivity contribution in [2.75, 3.05) is 6.54 Å². The van der Waals surface area contributed by atoms with Gasteiger partial charge in [-0.1, -0.05) is 24.1 Å². The van der Waals surface area contributed by atoms with Gasteiger partial charge >= 0.3 is 5.97 Å². The van der Waals surface area contributed by atoms with Crippen LogP contribution >= 0.6 is 0 Å². The standard InChI is InChI=1S/C16H21NO4/c1-11-4-6-13(7-5-11)21-12(2)14(18)17-10-16(15(19)20)8-3-9-16/h4-7,12H,3,8-10H2,1-2H3,(H,17,18)(H,19,20). The predicted molar refractivity (Wildman–Crippen MR) is 78.2 cm³/mol. The largest absolute Gasteiger partial charge is 0.481 e. The number of hydrogen-bond acceptors (Lipinski definition) is 3. The zero-order chi connectivity index (χ0) is 15.5. The average Bonchev–Trinajstić information content (AvgIpc) is 2.39. The number of ether oxygens (including phenoxy) is 1. The lowest BCUT2D eigenvalue weighted by Gasteiger charge is -2.37. The molecule has 0 saturated heterocycles. The smallest absolute Gasteiger partial charge is 0.311 e. The van der Waals surface area contributed by atoms with Crippen LogP contribution < -0.4 is 10.1 Å². The fourth-order valence-electron chi connectivity index (χ4n) is 2.34. The van der Waals surface area contributed by atoms with E-state index < -0.39 is 17.5 Å². The third-order valence-electron chi connectivity index (χ3n) is 4.07. The van der Waals surface area contributed by atoms with Crippen LogP contribution in [0.3, 0.4) is 0 Å². The van der Waals surface area contributed by atoms with Crippen LogP contribution in [0.1, 0.15) is 31.7 Å². The second-order valence-electron chi connectivity index (χ2n) is 5.73. The van der Waals surface area contributed by atoms with Crippen LogP contribution in [0.25, 0.3) is 0 Å². The molecule has 0 aliphatic heterocycles. The predicted octanol–water partition coefficient (Wildman–Crippen LogP) is 2.13. The molecule has 1 atom stereocenters. The first-order chi connectivity index (χ1) is 9.93. The monoisotopic (exact) mass is 291 g/mol. The van der Waals surface area contributed by atoms with Crippen molar-refractivity contribution in [2.45, 2.75) is 39.2 Å². The molecule has 21 heavy (non-hydrogen) atoms. The van der Waals surface area contributed by atoms with Crippen LogP contribution in [0, 0.1) is 12.3 Å². The summed E-state index contributed by atoms with van der Waals surface area (Å²) in [4.78, 5) is 23.2. The van der Waals surface area contributed by atoms with Crippen molar-refractivity contribution in [2.24, 2.45) is 5.41 Å². The molecule has 2 rings (SSSR count). The summed E-state index contributed by atoms with van der Waals surface area (Å²) in [6, 6.07) is 7.44. The molecule has 0 radical (unpaired) electrons. The zero-order valence-corrected chi connectivity index (χ0v) is 12.4. The highest BCUT2D eigenvalue weighted by molar-refractivity contribution is 5.82. The third-order valence-corrected chi connectivity index (χ3v) is 4.07. The maximum atomic E-state index is 12.0. The summed E-state index contributed by atoms with van der Waals surface area (Å²) in [7, 11) is 0. The van der Waals surface area contributed by atoms with E-state index in [1.165, 1.54) is 0 Å². The Labute approximate surface area is 124 Å². The minimum Gasteiger partial charge on any atom is -0.481 e. The quantitative estimate of drug-likeness (QED) is 0.842. The Morgan fingerprint density at radius 1 is 1.33 bits per heavy atom. The Morgan fingerprint density at radius 2 is 1.95 bits per heavy atom. The molecule has 0 aromatic heterocycles. The van der Waals surface area contributed by atoms with Crippen LogP contribution in [0.5, 0.6) is 5.75 Å². The van der Waals surface area contributed by atoms with Gasteiger partial charge < -0.3 is 15.2 Å². The molecule has 2 N–H and O–H groups in total. The summed E-state index contributed by atoms with van der Waals surface area (Å²) in [5, 5.41) is 11.9. The molecule has 1 aliphatic rings. The highest BCUT2D eigenvalue weighted by Gasteiger charge is 2.44. The van der Waals surface area contributed by atoms with E-state index in [9.17, 15) is 14.7 Å². The van der Waals surface area contributed by atoms with E-state index in [0.29, 0.717) is 18.6 Å². The Hall–Kier alpha value is -2.04.